The molecule has 0 unspecified atom stereocenters. The molecule has 5 heteroatoms. The number of aryl methyl sites for hydroxylation is 1. The Morgan fingerprint density at radius 1 is 1.31 bits per heavy atom. The summed E-state index contributed by atoms with van der Waals surface area (Å²) >= 11 is 1.60. The Hall–Kier alpha value is -0.970. The second-order valence-electron chi connectivity index (χ2n) is 3.54. The molecule has 1 heterocycles. The summed E-state index contributed by atoms with van der Waals surface area (Å²) < 4.78 is 0. The van der Waals surface area contributed by atoms with Crippen LogP contribution in [0.25, 0.3) is 10.6 Å². The van der Waals surface area contributed by atoms with Crippen LogP contribution < -0.4 is 5.73 Å². The van der Waals surface area contributed by atoms with Gasteiger partial charge >= 0.3 is 0 Å². The second kappa shape index (κ2) is 5.39. The Balaban J connectivity index is 0.00000128. The maximum atomic E-state index is 5.83. The van der Waals surface area contributed by atoms with E-state index in [0.717, 1.165) is 21.1 Å². The molecule has 0 aliphatic heterocycles. The summed E-state index contributed by atoms with van der Waals surface area (Å²) in [6, 6.07) is 8.20. The van der Waals surface area contributed by atoms with Crippen LogP contribution in [0.5, 0.6) is 0 Å². The van der Waals surface area contributed by atoms with Gasteiger partial charge < -0.3 is 5.73 Å². The smallest absolute Gasteiger partial charge is 0.147 e. The molecule has 0 spiro atoms. The molecule has 1 aromatic heterocycles. The average molecular weight is 256 g/mol. The van der Waals surface area contributed by atoms with Gasteiger partial charge in [-0.3, -0.25) is 0 Å². The van der Waals surface area contributed by atoms with Crippen LogP contribution in [0, 0.1) is 6.92 Å². The van der Waals surface area contributed by atoms with Crippen molar-refractivity contribution in [3.63, 3.8) is 0 Å². The van der Waals surface area contributed by atoms with E-state index in [4.69, 9.17) is 5.73 Å². The molecule has 0 aliphatic carbocycles. The van der Waals surface area contributed by atoms with E-state index in [0.29, 0.717) is 0 Å². The van der Waals surface area contributed by atoms with Crippen LogP contribution in [0.4, 0.5) is 0 Å². The third-order valence-electron chi connectivity index (χ3n) is 2.19. The Kier molecular flexibility index (Phi) is 4.41. The van der Waals surface area contributed by atoms with Gasteiger partial charge in [0.1, 0.15) is 10.0 Å². The zero-order valence-electron chi connectivity index (χ0n) is 9.18. The van der Waals surface area contributed by atoms with Crippen molar-refractivity contribution in [1.82, 2.24) is 10.2 Å². The van der Waals surface area contributed by atoms with Crippen molar-refractivity contribution in [2.75, 3.05) is 0 Å². The number of rotatable bonds is 2. The van der Waals surface area contributed by atoms with Crippen LogP contribution >= 0.6 is 23.7 Å². The summed E-state index contributed by atoms with van der Waals surface area (Å²) in [5, 5.41) is 10.1. The first-order valence-electron chi connectivity index (χ1n) is 4.83. The lowest BCUT2D eigenvalue weighted by atomic mass is 10.1. The first-order chi connectivity index (χ1) is 7.16. The lowest BCUT2D eigenvalue weighted by Gasteiger charge is -2.05. The van der Waals surface area contributed by atoms with Gasteiger partial charge in [0.2, 0.25) is 0 Å². The highest BCUT2D eigenvalue weighted by Gasteiger charge is 2.06. The molecule has 0 radical (unpaired) electrons. The molecule has 1 aromatic carbocycles. The number of nitrogens with two attached hydrogens (primary N) is 1. The standard InChI is InChI=1S/C11H13N3S.ClH/c1-7(12)9-4-3-5-10(6-9)11-14-13-8(2)15-11;/h3-7H,12H2,1-2H3;1H/t7-;/m1./s1. The first kappa shape index (κ1) is 13.1. The van der Waals surface area contributed by atoms with Crippen molar-refractivity contribution < 1.29 is 0 Å². The maximum Gasteiger partial charge on any atom is 0.147 e. The molecule has 0 aliphatic rings. The number of hydrogen-bond acceptors (Lipinski definition) is 4. The van der Waals surface area contributed by atoms with Crippen molar-refractivity contribution in [3.05, 3.63) is 34.8 Å². The van der Waals surface area contributed by atoms with E-state index < -0.39 is 0 Å². The molecule has 0 amide bonds. The van der Waals surface area contributed by atoms with Crippen molar-refractivity contribution in [1.29, 1.82) is 0 Å². The van der Waals surface area contributed by atoms with Crippen molar-refractivity contribution in [3.8, 4) is 10.6 Å². The van der Waals surface area contributed by atoms with Gasteiger partial charge in [0.05, 0.1) is 0 Å². The molecule has 3 nitrogen and oxygen atoms in total. The van der Waals surface area contributed by atoms with Gasteiger partial charge in [0, 0.05) is 11.6 Å². The quantitative estimate of drug-likeness (QED) is 0.898. The summed E-state index contributed by atoms with van der Waals surface area (Å²) in [4.78, 5) is 0. The molecule has 0 saturated carbocycles. The van der Waals surface area contributed by atoms with Gasteiger partial charge in [-0.1, -0.05) is 29.5 Å². The summed E-state index contributed by atoms with van der Waals surface area (Å²) in [5.74, 6) is 0. The molecule has 1 atom stereocenters. The minimum atomic E-state index is 0. The van der Waals surface area contributed by atoms with Crippen LogP contribution in [0.15, 0.2) is 24.3 Å². The van der Waals surface area contributed by atoms with Crippen LogP contribution in [0.1, 0.15) is 23.5 Å². The third-order valence-corrected chi connectivity index (χ3v) is 3.07. The molecule has 86 valence electrons. The molecule has 16 heavy (non-hydrogen) atoms. The Bertz CT molecular complexity index is 468. The molecule has 0 bridgehead atoms. The lowest BCUT2D eigenvalue weighted by Crippen LogP contribution is -2.04. The van der Waals surface area contributed by atoms with Crippen LogP contribution in [0.2, 0.25) is 0 Å². The molecule has 0 fully saturated rings. The topological polar surface area (TPSA) is 51.8 Å². The molecule has 2 rings (SSSR count). The number of benzene rings is 1. The number of nitrogens with zero attached hydrogens (tertiary/aromatic N) is 2. The van der Waals surface area contributed by atoms with Gasteiger partial charge in [-0.05, 0) is 25.5 Å². The van der Waals surface area contributed by atoms with E-state index in [9.17, 15) is 0 Å². The fourth-order valence-corrected chi connectivity index (χ4v) is 2.06. The summed E-state index contributed by atoms with van der Waals surface area (Å²) in [6.07, 6.45) is 0. The van der Waals surface area contributed by atoms with Gasteiger partial charge in [-0.15, -0.1) is 22.6 Å². The number of halogens is 1. The highest BCUT2D eigenvalue weighted by atomic mass is 35.5. The zero-order valence-corrected chi connectivity index (χ0v) is 10.8. The van der Waals surface area contributed by atoms with E-state index in [1.165, 1.54) is 0 Å². The molecule has 0 saturated heterocycles. The Labute approximate surface area is 105 Å². The fraction of sp³-hybridized carbons (Fsp3) is 0.273. The summed E-state index contributed by atoms with van der Waals surface area (Å²) in [6.45, 7) is 3.93. The van der Waals surface area contributed by atoms with Crippen LogP contribution in [0.3, 0.4) is 0 Å². The normalized spacial score (nSPS) is 11.9. The van der Waals surface area contributed by atoms with Gasteiger partial charge in [-0.2, -0.15) is 0 Å². The fourth-order valence-electron chi connectivity index (χ4n) is 1.37. The van der Waals surface area contributed by atoms with E-state index >= 15 is 0 Å². The molecular weight excluding hydrogens is 242 g/mol. The van der Waals surface area contributed by atoms with E-state index in [2.05, 4.69) is 16.3 Å². The predicted octanol–water partition coefficient (Wildman–Crippen LogP) is 2.96. The van der Waals surface area contributed by atoms with Crippen molar-refractivity contribution >= 4 is 23.7 Å². The van der Waals surface area contributed by atoms with Gasteiger partial charge in [0.15, 0.2) is 0 Å². The minimum Gasteiger partial charge on any atom is -0.324 e. The van der Waals surface area contributed by atoms with Crippen molar-refractivity contribution in [2.24, 2.45) is 5.73 Å². The Morgan fingerprint density at radius 3 is 2.62 bits per heavy atom. The predicted molar refractivity (Wildman–Crippen MR) is 69.9 cm³/mol. The summed E-state index contributed by atoms with van der Waals surface area (Å²) in [5.41, 5.74) is 8.05. The van der Waals surface area contributed by atoms with Crippen LogP contribution in [-0.2, 0) is 0 Å². The van der Waals surface area contributed by atoms with E-state index in [1.807, 2.05) is 32.0 Å². The van der Waals surface area contributed by atoms with E-state index in [1.54, 1.807) is 11.3 Å². The van der Waals surface area contributed by atoms with Crippen molar-refractivity contribution in [2.45, 2.75) is 19.9 Å². The zero-order chi connectivity index (χ0) is 10.8. The molecular formula is C11H14ClN3S. The summed E-state index contributed by atoms with van der Waals surface area (Å²) in [7, 11) is 0. The SMILES string of the molecule is Cc1nnc(-c2cccc([C@@H](C)N)c2)s1.Cl. The average Bonchev–Trinajstić information content (AvgIpc) is 2.65. The second-order valence-corrected chi connectivity index (χ2v) is 4.72. The third kappa shape index (κ3) is 2.78. The largest absolute Gasteiger partial charge is 0.324 e. The van der Waals surface area contributed by atoms with Gasteiger partial charge in [0.25, 0.3) is 0 Å². The first-order valence-corrected chi connectivity index (χ1v) is 5.64. The molecule has 2 N–H and O–H groups in total. The molecule has 2 aromatic rings. The minimum absolute atomic E-state index is 0. The number of aromatic nitrogens is 2. The van der Waals surface area contributed by atoms with E-state index in [-0.39, 0.29) is 18.4 Å². The van der Waals surface area contributed by atoms with Crippen LogP contribution in [-0.4, -0.2) is 10.2 Å². The highest BCUT2D eigenvalue weighted by Crippen LogP contribution is 2.25. The monoisotopic (exact) mass is 255 g/mol. The highest BCUT2D eigenvalue weighted by molar-refractivity contribution is 7.14. The lowest BCUT2D eigenvalue weighted by molar-refractivity contribution is 0.818. The Morgan fingerprint density at radius 2 is 2.06 bits per heavy atom. The number of hydrogen-bond donors (Lipinski definition) is 1. The van der Waals surface area contributed by atoms with Gasteiger partial charge in [-0.25, -0.2) is 0 Å². The maximum absolute atomic E-state index is 5.83.